The molecular weight excluding hydrogens is 449 g/mol. The van der Waals surface area contributed by atoms with Crippen LogP contribution in [0.25, 0.3) is 33.6 Å². The first-order valence-corrected chi connectivity index (χ1v) is 11.6. The van der Waals surface area contributed by atoms with Gasteiger partial charge in [0.2, 0.25) is 11.4 Å². The first-order valence-electron chi connectivity index (χ1n) is 9.78. The molecule has 0 aliphatic heterocycles. The normalized spacial score (nSPS) is 10.9. The van der Waals surface area contributed by atoms with Gasteiger partial charge in [0, 0.05) is 23.3 Å². The lowest BCUT2D eigenvalue weighted by molar-refractivity contribution is -2.00. The zero-order chi connectivity index (χ0) is 23.0. The van der Waals surface area contributed by atoms with Crippen LogP contribution in [0.5, 0.6) is 0 Å². The van der Waals surface area contributed by atoms with Crippen molar-refractivity contribution in [3.8, 4) is 33.6 Å². The topological polar surface area (TPSA) is 96.1 Å². The van der Waals surface area contributed by atoms with Crippen molar-refractivity contribution in [1.29, 1.82) is 0 Å². The maximum Gasteiger partial charge on any atom is 0.213 e. The van der Waals surface area contributed by atoms with Gasteiger partial charge in [0.05, 0.1) is 5.88 Å². The van der Waals surface area contributed by atoms with Gasteiger partial charge < -0.3 is 0 Å². The van der Waals surface area contributed by atoms with Crippen molar-refractivity contribution in [2.75, 3.05) is 5.88 Å². The highest BCUT2D eigenvalue weighted by atomic mass is 35.7. The van der Waals surface area contributed by atoms with Crippen molar-refractivity contribution in [3.63, 3.8) is 0 Å². The van der Waals surface area contributed by atoms with Crippen LogP contribution in [0.15, 0.2) is 103 Å². The van der Waals surface area contributed by atoms with Crippen LogP contribution in [-0.2, 0) is 6.54 Å². The van der Waals surface area contributed by atoms with E-state index in [0.717, 1.165) is 6.54 Å². The average molecular weight is 470 g/mol. The molecule has 0 amide bonds. The summed E-state index contributed by atoms with van der Waals surface area (Å²) in [5, 5.41) is 0. The molecule has 0 saturated heterocycles. The van der Waals surface area contributed by atoms with Gasteiger partial charge in [-0.05, 0) is 35.4 Å². The molecule has 0 bridgehead atoms. The van der Waals surface area contributed by atoms with Crippen LogP contribution >= 0.6 is 11.6 Å². The molecule has 0 saturated carbocycles. The maximum atomic E-state index is 8.49. The molecule has 0 fully saturated rings. The first-order chi connectivity index (χ1) is 15.4. The summed E-state index contributed by atoms with van der Waals surface area (Å²) in [6, 6.07) is 36.1. The third-order valence-corrected chi connectivity index (χ3v) is 4.89. The molecule has 5 nitrogen and oxygen atoms in total. The molecule has 0 aliphatic carbocycles. The van der Waals surface area contributed by atoms with Crippen LogP contribution in [0.3, 0.4) is 0 Å². The fraction of sp³-hybridized carbons (Fsp3) is 0.0800. The lowest BCUT2D eigenvalue weighted by Gasteiger charge is -2.17. The Balaban J connectivity index is 0.000000523. The molecule has 0 aliphatic rings. The number of rotatable bonds is 5. The summed E-state index contributed by atoms with van der Waals surface area (Å²) < 4.78 is 36.3. The fourth-order valence-corrected chi connectivity index (χ4v) is 3.61. The second-order valence-electron chi connectivity index (χ2n) is 6.83. The van der Waals surface area contributed by atoms with Gasteiger partial charge in [-0.25, -0.2) is 18.6 Å². The van der Waals surface area contributed by atoms with Crippen molar-refractivity contribution in [2.24, 2.45) is 0 Å². The Labute approximate surface area is 194 Å². The largest absolute Gasteiger partial charge is 0.222 e. The van der Waals surface area contributed by atoms with E-state index in [9.17, 15) is 0 Å². The molecule has 4 aromatic rings. The first kappa shape index (κ1) is 23.9. The van der Waals surface area contributed by atoms with Crippen molar-refractivity contribution < 1.29 is 33.4 Å². The number of halogens is 2. The van der Waals surface area contributed by atoms with E-state index in [1.165, 1.54) is 33.6 Å². The molecule has 0 N–H and O–H groups in total. The molecule has 1 heterocycles. The predicted molar refractivity (Wildman–Crippen MR) is 114 cm³/mol. The summed E-state index contributed by atoms with van der Waals surface area (Å²) in [6.45, 7) is 0.755. The van der Waals surface area contributed by atoms with Crippen LogP contribution in [0.4, 0.5) is 0 Å². The molecule has 0 spiro atoms. The summed E-state index contributed by atoms with van der Waals surface area (Å²) in [7, 11) is -4.94. The Kier molecular flexibility index (Phi) is 8.36. The molecule has 1 aromatic heterocycles. The van der Waals surface area contributed by atoms with E-state index in [-0.39, 0.29) is 0 Å². The second kappa shape index (κ2) is 11.2. The fourth-order valence-electron chi connectivity index (χ4n) is 3.44. The van der Waals surface area contributed by atoms with Gasteiger partial charge in [0.25, 0.3) is 0 Å². The summed E-state index contributed by atoms with van der Waals surface area (Å²) in [4.78, 5) is 0. The lowest BCUT2D eigenvalue weighted by atomic mass is 9.99. The molecule has 7 heteroatoms. The van der Waals surface area contributed by atoms with Gasteiger partial charge in [0.1, 0.15) is 0 Å². The summed E-state index contributed by atoms with van der Waals surface area (Å²) >= 11 is 6.19. The van der Waals surface area contributed by atoms with Crippen LogP contribution < -0.4 is 23.2 Å². The van der Waals surface area contributed by atoms with E-state index in [2.05, 4.69) is 108 Å². The highest BCUT2D eigenvalue weighted by Crippen LogP contribution is 2.29. The lowest BCUT2D eigenvalue weighted by Crippen LogP contribution is -2.68. The standard InChI is InChI=1S/C25H21ClN.ClHO4/c26-16-17-27-24(21-12-6-2-7-13-21)18-23(20-10-4-1-5-11-20)19-25(27)22-14-8-3-9-15-22;2-1(3,4)5/h1-15,18-19H,16-17H2;(H,2,3,4,5)/q+1;/p-1. The van der Waals surface area contributed by atoms with E-state index in [1.54, 1.807) is 0 Å². The van der Waals surface area contributed by atoms with Gasteiger partial charge in [-0.3, -0.25) is 0 Å². The minimum absolute atomic E-state index is 0.565. The van der Waals surface area contributed by atoms with Crippen molar-refractivity contribution in [3.05, 3.63) is 103 Å². The molecule has 0 atom stereocenters. The number of alkyl halides is 1. The van der Waals surface area contributed by atoms with E-state index in [4.69, 9.17) is 30.2 Å². The Morgan fingerprint density at radius 1 is 0.562 bits per heavy atom. The van der Waals surface area contributed by atoms with E-state index < -0.39 is 10.2 Å². The van der Waals surface area contributed by atoms with Crippen LogP contribution in [0.2, 0.25) is 0 Å². The van der Waals surface area contributed by atoms with E-state index in [0.29, 0.717) is 5.88 Å². The van der Waals surface area contributed by atoms with Gasteiger partial charge in [-0.15, -0.1) is 21.8 Å². The minimum Gasteiger partial charge on any atom is -0.222 e. The summed E-state index contributed by atoms with van der Waals surface area (Å²) in [5.41, 5.74) is 7.16. The van der Waals surface area contributed by atoms with Crippen LogP contribution in [-0.4, -0.2) is 5.88 Å². The Bertz CT molecular complexity index is 1050. The van der Waals surface area contributed by atoms with Gasteiger partial charge >= 0.3 is 0 Å². The van der Waals surface area contributed by atoms with Crippen molar-refractivity contribution in [1.82, 2.24) is 0 Å². The Hall–Kier alpha value is -2.77. The highest BCUT2D eigenvalue weighted by Gasteiger charge is 2.22. The summed E-state index contributed by atoms with van der Waals surface area (Å²) in [5.74, 6) is 0.565. The maximum absolute atomic E-state index is 8.49. The van der Waals surface area contributed by atoms with Crippen molar-refractivity contribution >= 4 is 11.6 Å². The minimum atomic E-state index is -4.94. The monoisotopic (exact) mass is 469 g/mol. The highest BCUT2D eigenvalue weighted by molar-refractivity contribution is 6.17. The molecule has 0 unspecified atom stereocenters. The number of aromatic nitrogens is 1. The quantitative estimate of drug-likeness (QED) is 0.326. The Morgan fingerprint density at radius 3 is 1.25 bits per heavy atom. The molecule has 0 radical (unpaired) electrons. The van der Waals surface area contributed by atoms with E-state index in [1.807, 2.05) is 0 Å². The van der Waals surface area contributed by atoms with Crippen molar-refractivity contribution in [2.45, 2.75) is 6.54 Å². The van der Waals surface area contributed by atoms with Gasteiger partial charge in [-0.1, -0.05) is 66.7 Å². The van der Waals surface area contributed by atoms with Gasteiger partial charge in [0.15, 0.2) is 6.54 Å². The third kappa shape index (κ3) is 6.87. The zero-order valence-corrected chi connectivity index (χ0v) is 18.6. The number of nitrogens with zero attached hydrogens (tertiary/aromatic N) is 1. The van der Waals surface area contributed by atoms with Crippen LogP contribution in [0, 0.1) is 10.2 Å². The molecule has 3 aromatic carbocycles. The number of benzene rings is 3. The average Bonchev–Trinajstić information content (AvgIpc) is 2.80. The second-order valence-corrected chi connectivity index (χ2v) is 7.97. The molecular formula is C25H21Cl2NO4. The van der Waals surface area contributed by atoms with Crippen LogP contribution in [0.1, 0.15) is 0 Å². The number of hydrogen-bond acceptors (Lipinski definition) is 4. The predicted octanol–water partition coefficient (Wildman–Crippen LogP) is 1.46. The van der Waals surface area contributed by atoms with Gasteiger partial charge in [-0.2, -0.15) is 4.57 Å². The summed E-state index contributed by atoms with van der Waals surface area (Å²) in [6.07, 6.45) is 0. The number of pyridine rings is 1. The van der Waals surface area contributed by atoms with E-state index >= 15 is 0 Å². The third-order valence-electron chi connectivity index (χ3n) is 4.72. The zero-order valence-electron chi connectivity index (χ0n) is 17.1. The molecule has 32 heavy (non-hydrogen) atoms. The number of hydrogen-bond donors (Lipinski definition) is 0. The smallest absolute Gasteiger partial charge is 0.213 e. The Morgan fingerprint density at radius 2 is 0.906 bits per heavy atom. The molecule has 4 rings (SSSR count). The SMILES string of the molecule is ClCC[n+]1c(-c2ccccc2)cc(-c2ccccc2)cc1-c1ccccc1.[O-][Cl+3]([O-])([O-])[O-]. The molecule has 164 valence electrons.